The van der Waals surface area contributed by atoms with Crippen molar-refractivity contribution in [3.8, 4) is 5.75 Å². The molecular weight excluding hydrogens is 300 g/mol. The van der Waals surface area contributed by atoms with Crippen LogP contribution in [0.3, 0.4) is 0 Å². The maximum atomic E-state index is 12.1. The second-order valence-electron chi connectivity index (χ2n) is 4.74. The second kappa shape index (κ2) is 9.61. The molecule has 1 aromatic rings. The summed E-state index contributed by atoms with van der Waals surface area (Å²) < 4.78 is 14.8. The molecule has 0 saturated carbocycles. The standard InChI is InChI=1S/C17H22O6/c1-4-22-16(19)13(15(18)17(20)23-5-2)11-10-12-8-6-7-9-14(12)21-3/h6-9,13H,4-5,10-11H2,1-3H3. The minimum atomic E-state index is -1.17. The number of para-hydroxylation sites is 1. The Morgan fingerprint density at radius 2 is 1.70 bits per heavy atom. The molecule has 0 bridgehead atoms. The van der Waals surface area contributed by atoms with Crippen molar-refractivity contribution in [3.63, 3.8) is 0 Å². The molecule has 0 amide bonds. The summed E-state index contributed by atoms with van der Waals surface area (Å²) in [4.78, 5) is 35.7. The highest BCUT2D eigenvalue weighted by molar-refractivity contribution is 6.37. The smallest absolute Gasteiger partial charge is 0.375 e. The summed E-state index contributed by atoms with van der Waals surface area (Å²) in [6.45, 7) is 3.45. The molecule has 1 unspecified atom stereocenters. The van der Waals surface area contributed by atoms with Gasteiger partial charge >= 0.3 is 11.9 Å². The summed E-state index contributed by atoms with van der Waals surface area (Å²) in [5.74, 6) is -3.09. The third-order valence-electron chi connectivity index (χ3n) is 3.26. The molecule has 0 saturated heterocycles. The highest BCUT2D eigenvalue weighted by Crippen LogP contribution is 2.22. The van der Waals surface area contributed by atoms with Crippen LogP contribution < -0.4 is 4.74 Å². The number of benzene rings is 1. The van der Waals surface area contributed by atoms with Gasteiger partial charge in [-0.2, -0.15) is 0 Å². The lowest BCUT2D eigenvalue weighted by molar-refractivity contribution is -0.162. The average Bonchev–Trinajstić information content (AvgIpc) is 2.55. The predicted octanol–water partition coefficient (Wildman–Crippen LogP) is 1.94. The van der Waals surface area contributed by atoms with Gasteiger partial charge < -0.3 is 14.2 Å². The first-order valence-electron chi connectivity index (χ1n) is 7.54. The quantitative estimate of drug-likeness (QED) is 0.393. The van der Waals surface area contributed by atoms with Crippen molar-refractivity contribution in [3.05, 3.63) is 29.8 Å². The lowest BCUT2D eigenvalue weighted by Gasteiger charge is -2.14. The van der Waals surface area contributed by atoms with E-state index in [4.69, 9.17) is 9.47 Å². The molecule has 0 aliphatic heterocycles. The Morgan fingerprint density at radius 3 is 2.30 bits per heavy atom. The molecule has 1 rings (SSSR count). The van der Waals surface area contributed by atoms with Gasteiger partial charge in [0.1, 0.15) is 11.7 Å². The van der Waals surface area contributed by atoms with Crippen molar-refractivity contribution in [2.45, 2.75) is 26.7 Å². The van der Waals surface area contributed by atoms with E-state index in [0.717, 1.165) is 5.56 Å². The third kappa shape index (κ3) is 5.39. The number of ether oxygens (including phenoxy) is 3. The van der Waals surface area contributed by atoms with Crippen molar-refractivity contribution in [2.24, 2.45) is 5.92 Å². The van der Waals surface area contributed by atoms with Crippen LogP contribution in [-0.2, 0) is 30.3 Å². The monoisotopic (exact) mass is 322 g/mol. The highest BCUT2D eigenvalue weighted by atomic mass is 16.5. The summed E-state index contributed by atoms with van der Waals surface area (Å²) in [7, 11) is 1.55. The van der Waals surface area contributed by atoms with Gasteiger partial charge in [0.15, 0.2) is 0 Å². The van der Waals surface area contributed by atoms with Gasteiger partial charge in [-0.25, -0.2) is 4.79 Å². The summed E-state index contributed by atoms with van der Waals surface area (Å²) in [6, 6.07) is 7.30. The van der Waals surface area contributed by atoms with Crippen molar-refractivity contribution in [2.75, 3.05) is 20.3 Å². The Labute approximate surface area is 135 Å². The largest absolute Gasteiger partial charge is 0.496 e. The molecule has 23 heavy (non-hydrogen) atoms. The summed E-state index contributed by atoms with van der Waals surface area (Å²) in [5.41, 5.74) is 0.848. The normalized spacial score (nSPS) is 11.4. The molecule has 1 aromatic carbocycles. The Kier molecular flexibility index (Phi) is 7.80. The number of rotatable bonds is 9. The molecule has 126 valence electrons. The Balaban J connectivity index is 2.86. The first kappa shape index (κ1) is 18.7. The first-order valence-corrected chi connectivity index (χ1v) is 7.54. The zero-order valence-electron chi connectivity index (χ0n) is 13.7. The van der Waals surface area contributed by atoms with Crippen LogP contribution in [0.2, 0.25) is 0 Å². The van der Waals surface area contributed by atoms with Crippen molar-refractivity contribution >= 4 is 17.7 Å². The molecule has 0 aliphatic rings. The van der Waals surface area contributed by atoms with Gasteiger partial charge in [0.2, 0.25) is 0 Å². The number of hydrogen-bond donors (Lipinski definition) is 0. The molecule has 0 fully saturated rings. The molecule has 0 heterocycles. The Hall–Kier alpha value is -2.37. The van der Waals surface area contributed by atoms with Gasteiger partial charge in [-0.3, -0.25) is 9.59 Å². The van der Waals surface area contributed by atoms with Gasteiger partial charge in [0.05, 0.1) is 20.3 Å². The minimum Gasteiger partial charge on any atom is -0.496 e. The van der Waals surface area contributed by atoms with E-state index in [9.17, 15) is 14.4 Å². The number of Topliss-reactive ketones (excluding diaryl/α,β-unsaturated/α-hetero) is 1. The van der Waals surface area contributed by atoms with Gasteiger partial charge in [0.25, 0.3) is 5.78 Å². The number of methoxy groups -OCH3 is 1. The summed E-state index contributed by atoms with van der Waals surface area (Å²) in [6.07, 6.45) is 0.551. The van der Waals surface area contributed by atoms with E-state index >= 15 is 0 Å². The second-order valence-corrected chi connectivity index (χ2v) is 4.74. The molecule has 0 N–H and O–H groups in total. The highest BCUT2D eigenvalue weighted by Gasteiger charge is 2.33. The van der Waals surface area contributed by atoms with Crippen LogP contribution >= 0.6 is 0 Å². The minimum absolute atomic E-state index is 0.0760. The predicted molar refractivity (Wildman–Crippen MR) is 83.1 cm³/mol. The fourth-order valence-electron chi connectivity index (χ4n) is 2.15. The van der Waals surface area contributed by atoms with Crippen LogP contribution in [0, 0.1) is 5.92 Å². The molecule has 0 radical (unpaired) electrons. The summed E-state index contributed by atoms with van der Waals surface area (Å²) in [5, 5.41) is 0. The molecule has 0 aromatic heterocycles. The van der Waals surface area contributed by atoms with E-state index in [1.807, 2.05) is 18.2 Å². The van der Waals surface area contributed by atoms with Crippen molar-refractivity contribution in [1.29, 1.82) is 0 Å². The Bertz CT molecular complexity index is 552. The fraction of sp³-hybridized carbons (Fsp3) is 0.471. The van der Waals surface area contributed by atoms with E-state index in [2.05, 4.69) is 4.74 Å². The van der Waals surface area contributed by atoms with E-state index in [1.165, 1.54) is 0 Å². The molecule has 0 aliphatic carbocycles. The van der Waals surface area contributed by atoms with Crippen molar-refractivity contribution < 1.29 is 28.6 Å². The van der Waals surface area contributed by atoms with Crippen LogP contribution in [0.1, 0.15) is 25.8 Å². The average molecular weight is 322 g/mol. The van der Waals surface area contributed by atoms with Gasteiger partial charge in [-0.1, -0.05) is 18.2 Å². The third-order valence-corrected chi connectivity index (χ3v) is 3.26. The maximum absolute atomic E-state index is 12.1. The molecular formula is C17H22O6. The van der Waals surface area contributed by atoms with Crippen molar-refractivity contribution in [1.82, 2.24) is 0 Å². The number of hydrogen-bond acceptors (Lipinski definition) is 6. The molecule has 6 heteroatoms. The van der Waals surface area contributed by atoms with E-state index in [-0.39, 0.29) is 19.6 Å². The molecule has 6 nitrogen and oxygen atoms in total. The number of carbonyl (C=O) groups excluding carboxylic acids is 3. The topological polar surface area (TPSA) is 78.9 Å². The zero-order chi connectivity index (χ0) is 17.2. The Morgan fingerprint density at radius 1 is 1.04 bits per heavy atom. The number of esters is 2. The van der Waals surface area contributed by atoms with Crippen LogP contribution in [0.25, 0.3) is 0 Å². The first-order chi connectivity index (χ1) is 11.0. The lowest BCUT2D eigenvalue weighted by Crippen LogP contribution is -2.33. The van der Waals surface area contributed by atoms with Crippen LogP contribution in [0.4, 0.5) is 0 Å². The van der Waals surface area contributed by atoms with E-state index < -0.39 is 23.6 Å². The summed E-state index contributed by atoms with van der Waals surface area (Å²) >= 11 is 0. The fourth-order valence-corrected chi connectivity index (χ4v) is 2.15. The van der Waals surface area contributed by atoms with E-state index in [0.29, 0.717) is 12.2 Å². The number of ketones is 1. The molecule has 0 spiro atoms. The number of carbonyl (C=O) groups is 3. The van der Waals surface area contributed by atoms with Gasteiger partial charge in [-0.05, 0) is 38.3 Å². The number of aryl methyl sites for hydroxylation is 1. The van der Waals surface area contributed by atoms with Gasteiger partial charge in [-0.15, -0.1) is 0 Å². The molecule has 1 atom stereocenters. The SMILES string of the molecule is CCOC(=O)C(=O)C(CCc1ccccc1OC)C(=O)OCC. The lowest BCUT2D eigenvalue weighted by atomic mass is 9.95. The van der Waals surface area contributed by atoms with Crippen LogP contribution in [0.15, 0.2) is 24.3 Å². The van der Waals surface area contributed by atoms with Gasteiger partial charge in [0, 0.05) is 0 Å². The maximum Gasteiger partial charge on any atom is 0.375 e. The van der Waals surface area contributed by atoms with Crippen LogP contribution in [0.5, 0.6) is 5.75 Å². The van der Waals surface area contributed by atoms with Crippen LogP contribution in [-0.4, -0.2) is 38.0 Å². The van der Waals surface area contributed by atoms with E-state index in [1.54, 1.807) is 27.0 Å². The zero-order valence-corrected chi connectivity index (χ0v) is 13.7.